The lowest BCUT2D eigenvalue weighted by atomic mass is 9.78. The van der Waals surface area contributed by atoms with Crippen LogP contribution in [0.2, 0.25) is 0 Å². The molecule has 1 saturated carbocycles. The summed E-state index contributed by atoms with van der Waals surface area (Å²) < 4.78 is 0. The Labute approximate surface area is 160 Å². The molecule has 3 aliphatic rings. The van der Waals surface area contributed by atoms with E-state index in [1.807, 2.05) is 12.1 Å². The molecule has 0 radical (unpaired) electrons. The van der Waals surface area contributed by atoms with Crippen molar-refractivity contribution in [3.63, 3.8) is 0 Å². The highest BCUT2D eigenvalue weighted by Crippen LogP contribution is 2.33. The van der Waals surface area contributed by atoms with E-state index in [-0.39, 0.29) is 17.9 Å². The first-order valence-corrected chi connectivity index (χ1v) is 10.2. The first-order valence-electron chi connectivity index (χ1n) is 10.2. The Balaban J connectivity index is 1.41. The summed E-state index contributed by atoms with van der Waals surface area (Å²) in [7, 11) is 0. The summed E-state index contributed by atoms with van der Waals surface area (Å²) in [5, 5.41) is 19.6. The standard InChI is InChI=1S/C21H29N3O3/c25-19-16-12-22-11-10-17(16)24-21(27)18(19)20(26)23-15-8-6-14(7-9-15)13-4-2-1-3-5-13/h6-9,13,16-19,22,25H,1-5,10-12H2,(H,23,26)(H,24,27). The molecule has 4 rings (SSSR count). The highest BCUT2D eigenvalue weighted by molar-refractivity contribution is 6.07. The van der Waals surface area contributed by atoms with Gasteiger partial charge < -0.3 is 21.1 Å². The number of anilines is 1. The number of aliphatic hydroxyl groups is 1. The number of piperidine rings is 2. The zero-order chi connectivity index (χ0) is 18.8. The summed E-state index contributed by atoms with van der Waals surface area (Å²) in [6, 6.07) is 7.90. The maximum absolute atomic E-state index is 12.7. The highest BCUT2D eigenvalue weighted by atomic mass is 16.3. The summed E-state index contributed by atoms with van der Waals surface area (Å²) in [5.41, 5.74) is 1.99. The zero-order valence-electron chi connectivity index (χ0n) is 15.6. The molecular formula is C21H29N3O3. The highest BCUT2D eigenvalue weighted by Gasteiger charge is 2.47. The summed E-state index contributed by atoms with van der Waals surface area (Å²) >= 11 is 0. The van der Waals surface area contributed by atoms with E-state index in [9.17, 15) is 14.7 Å². The number of carbonyl (C=O) groups excluding carboxylic acids is 2. The molecule has 4 N–H and O–H groups in total. The molecule has 6 heteroatoms. The Morgan fingerprint density at radius 2 is 1.81 bits per heavy atom. The van der Waals surface area contributed by atoms with E-state index >= 15 is 0 Å². The molecule has 1 aromatic rings. The van der Waals surface area contributed by atoms with Crippen LogP contribution < -0.4 is 16.0 Å². The van der Waals surface area contributed by atoms with E-state index < -0.39 is 17.9 Å². The van der Waals surface area contributed by atoms with Crippen molar-refractivity contribution in [2.45, 2.75) is 56.6 Å². The number of nitrogens with one attached hydrogen (secondary N) is 3. The van der Waals surface area contributed by atoms with E-state index in [2.05, 4.69) is 28.1 Å². The number of rotatable bonds is 3. The lowest BCUT2D eigenvalue weighted by molar-refractivity contribution is -0.145. The molecule has 0 aromatic heterocycles. The molecule has 4 unspecified atom stereocenters. The van der Waals surface area contributed by atoms with Crippen LogP contribution in [0.4, 0.5) is 5.69 Å². The Bertz CT molecular complexity index is 684. The quantitative estimate of drug-likeness (QED) is 0.610. The van der Waals surface area contributed by atoms with Crippen molar-refractivity contribution >= 4 is 17.5 Å². The van der Waals surface area contributed by atoms with Gasteiger partial charge in [0.25, 0.3) is 0 Å². The number of benzene rings is 1. The van der Waals surface area contributed by atoms with E-state index in [0.29, 0.717) is 18.2 Å². The second-order valence-electron chi connectivity index (χ2n) is 8.19. The maximum Gasteiger partial charge on any atom is 0.239 e. The van der Waals surface area contributed by atoms with Gasteiger partial charge in [0.1, 0.15) is 5.92 Å². The number of carbonyl (C=O) groups is 2. The van der Waals surface area contributed by atoms with E-state index in [4.69, 9.17) is 0 Å². The van der Waals surface area contributed by atoms with Gasteiger partial charge in [-0.2, -0.15) is 0 Å². The first-order chi connectivity index (χ1) is 13.1. The Kier molecular flexibility index (Phi) is 5.45. The molecule has 1 aliphatic carbocycles. The second-order valence-corrected chi connectivity index (χ2v) is 8.19. The van der Waals surface area contributed by atoms with Crippen LogP contribution >= 0.6 is 0 Å². The van der Waals surface area contributed by atoms with E-state index in [1.165, 1.54) is 37.7 Å². The van der Waals surface area contributed by atoms with Crippen molar-refractivity contribution in [3.05, 3.63) is 29.8 Å². The van der Waals surface area contributed by atoms with Gasteiger partial charge in [0, 0.05) is 24.2 Å². The molecule has 4 atom stereocenters. The molecule has 6 nitrogen and oxygen atoms in total. The zero-order valence-corrected chi connectivity index (χ0v) is 15.6. The van der Waals surface area contributed by atoms with Gasteiger partial charge in [-0.25, -0.2) is 0 Å². The lowest BCUT2D eigenvalue weighted by Gasteiger charge is -2.42. The van der Waals surface area contributed by atoms with Crippen LogP contribution in [0.1, 0.15) is 50.0 Å². The summed E-state index contributed by atoms with van der Waals surface area (Å²) in [5.74, 6) is -1.38. The third kappa shape index (κ3) is 3.87. The van der Waals surface area contributed by atoms with Crippen molar-refractivity contribution in [1.82, 2.24) is 10.6 Å². The summed E-state index contributed by atoms with van der Waals surface area (Å²) in [6.45, 7) is 1.43. The van der Waals surface area contributed by atoms with Gasteiger partial charge in [0.2, 0.25) is 11.8 Å². The van der Waals surface area contributed by atoms with Crippen molar-refractivity contribution in [2.75, 3.05) is 18.4 Å². The molecule has 2 heterocycles. The lowest BCUT2D eigenvalue weighted by Crippen LogP contribution is -2.64. The van der Waals surface area contributed by atoms with Crippen LogP contribution in [0, 0.1) is 11.8 Å². The van der Waals surface area contributed by atoms with Crippen LogP contribution in [0.5, 0.6) is 0 Å². The second kappa shape index (κ2) is 7.98. The van der Waals surface area contributed by atoms with Gasteiger partial charge in [-0.15, -0.1) is 0 Å². The predicted molar refractivity (Wildman–Crippen MR) is 103 cm³/mol. The van der Waals surface area contributed by atoms with E-state index in [1.54, 1.807) is 0 Å². The predicted octanol–water partition coefficient (Wildman–Crippen LogP) is 1.76. The number of fused-ring (bicyclic) bond motifs is 1. The van der Waals surface area contributed by atoms with Gasteiger partial charge in [-0.3, -0.25) is 9.59 Å². The first kappa shape index (κ1) is 18.4. The molecule has 27 heavy (non-hydrogen) atoms. The number of hydrogen-bond donors (Lipinski definition) is 4. The molecule has 2 amide bonds. The minimum absolute atomic E-state index is 0.0485. The van der Waals surface area contributed by atoms with Crippen LogP contribution in [0.25, 0.3) is 0 Å². The van der Waals surface area contributed by atoms with Gasteiger partial charge in [-0.05, 0) is 49.4 Å². The molecule has 0 bridgehead atoms. The molecule has 0 spiro atoms. The largest absolute Gasteiger partial charge is 0.391 e. The Morgan fingerprint density at radius 1 is 1.07 bits per heavy atom. The van der Waals surface area contributed by atoms with Crippen molar-refractivity contribution < 1.29 is 14.7 Å². The molecule has 1 aromatic carbocycles. The summed E-state index contributed by atoms with van der Waals surface area (Å²) in [4.78, 5) is 25.1. The number of amides is 2. The van der Waals surface area contributed by atoms with Crippen molar-refractivity contribution in [2.24, 2.45) is 11.8 Å². The van der Waals surface area contributed by atoms with E-state index in [0.717, 1.165) is 13.0 Å². The third-order valence-corrected chi connectivity index (χ3v) is 6.46. The fourth-order valence-corrected chi connectivity index (χ4v) is 4.86. The Hall–Kier alpha value is -1.92. The fraction of sp³-hybridized carbons (Fsp3) is 0.619. The average molecular weight is 371 g/mol. The summed E-state index contributed by atoms with van der Waals surface area (Å²) in [6.07, 6.45) is 6.19. The smallest absolute Gasteiger partial charge is 0.239 e. The topological polar surface area (TPSA) is 90.5 Å². The minimum Gasteiger partial charge on any atom is -0.391 e. The van der Waals surface area contributed by atoms with Crippen LogP contribution in [0.15, 0.2) is 24.3 Å². The maximum atomic E-state index is 12.7. The molecular weight excluding hydrogens is 342 g/mol. The molecule has 2 saturated heterocycles. The number of aliphatic hydroxyl groups excluding tert-OH is 1. The normalized spacial score (nSPS) is 31.7. The number of hydrogen-bond acceptors (Lipinski definition) is 4. The molecule has 2 aliphatic heterocycles. The SMILES string of the molecule is O=C(Nc1ccc(C2CCCCC2)cc1)C1C(=O)NC2CCNCC2C1O. The average Bonchev–Trinajstić information content (AvgIpc) is 2.69. The van der Waals surface area contributed by atoms with Gasteiger partial charge in [0.05, 0.1) is 6.10 Å². The Morgan fingerprint density at radius 3 is 2.56 bits per heavy atom. The monoisotopic (exact) mass is 371 g/mol. The van der Waals surface area contributed by atoms with Crippen molar-refractivity contribution in [3.8, 4) is 0 Å². The fourth-order valence-electron chi connectivity index (χ4n) is 4.86. The van der Waals surface area contributed by atoms with Gasteiger partial charge >= 0.3 is 0 Å². The third-order valence-electron chi connectivity index (χ3n) is 6.46. The molecule has 146 valence electrons. The van der Waals surface area contributed by atoms with Crippen LogP contribution in [-0.4, -0.2) is 42.2 Å². The molecule has 3 fully saturated rings. The minimum atomic E-state index is -1.07. The van der Waals surface area contributed by atoms with Gasteiger partial charge in [0.15, 0.2) is 0 Å². The van der Waals surface area contributed by atoms with Crippen LogP contribution in [0.3, 0.4) is 0 Å². The van der Waals surface area contributed by atoms with Crippen LogP contribution in [-0.2, 0) is 9.59 Å². The van der Waals surface area contributed by atoms with Crippen molar-refractivity contribution in [1.29, 1.82) is 0 Å². The van der Waals surface area contributed by atoms with Gasteiger partial charge in [-0.1, -0.05) is 31.4 Å².